The molecular formula is C27H25FN4OS. The van der Waals surface area contributed by atoms with E-state index in [1.165, 1.54) is 29.6 Å². The van der Waals surface area contributed by atoms with Crippen LogP contribution < -0.4 is 4.90 Å². The summed E-state index contributed by atoms with van der Waals surface area (Å²) < 4.78 is 13.3. The number of hydrogen-bond donors (Lipinski definition) is 0. The Kier molecular flexibility index (Phi) is 6.72. The zero-order valence-corrected chi connectivity index (χ0v) is 19.5. The molecule has 172 valence electrons. The molecule has 1 aliphatic heterocycles. The lowest BCUT2D eigenvalue weighted by atomic mass is 10.1. The van der Waals surface area contributed by atoms with E-state index in [2.05, 4.69) is 17.0 Å². The molecule has 0 atom stereocenters. The van der Waals surface area contributed by atoms with Crippen molar-refractivity contribution in [2.45, 2.75) is 11.4 Å². The maximum Gasteiger partial charge on any atom is 0.233 e. The molecule has 0 spiro atoms. The number of carbonyl (C=O) groups excluding carboxylic acids is 1. The van der Waals surface area contributed by atoms with E-state index in [1.54, 1.807) is 12.1 Å². The van der Waals surface area contributed by atoms with E-state index in [9.17, 15) is 9.18 Å². The molecule has 5 rings (SSSR count). The molecule has 0 aliphatic carbocycles. The fourth-order valence-corrected chi connectivity index (χ4v) is 5.01. The Morgan fingerprint density at radius 1 is 0.824 bits per heavy atom. The summed E-state index contributed by atoms with van der Waals surface area (Å²) in [7, 11) is 0. The second-order valence-corrected chi connectivity index (χ2v) is 9.22. The van der Waals surface area contributed by atoms with Gasteiger partial charge in [0.25, 0.3) is 0 Å². The van der Waals surface area contributed by atoms with Crippen molar-refractivity contribution in [3.8, 4) is 0 Å². The lowest BCUT2D eigenvalue weighted by Crippen LogP contribution is -2.49. The van der Waals surface area contributed by atoms with E-state index >= 15 is 0 Å². The number of rotatable bonds is 6. The van der Waals surface area contributed by atoms with Crippen LogP contribution in [0, 0.1) is 5.82 Å². The first-order valence-electron chi connectivity index (χ1n) is 11.4. The van der Waals surface area contributed by atoms with Gasteiger partial charge in [0.2, 0.25) is 5.91 Å². The summed E-state index contributed by atoms with van der Waals surface area (Å²) in [5.41, 5.74) is 4.57. The number of hydrogen-bond acceptors (Lipinski definition) is 5. The molecule has 1 fully saturated rings. The van der Waals surface area contributed by atoms with E-state index in [0.717, 1.165) is 40.4 Å². The van der Waals surface area contributed by atoms with Gasteiger partial charge < -0.3 is 9.80 Å². The summed E-state index contributed by atoms with van der Waals surface area (Å²) in [6.07, 6.45) is 0.532. The summed E-state index contributed by atoms with van der Waals surface area (Å²) >= 11 is 1.43. The molecule has 0 bridgehead atoms. The molecular weight excluding hydrogens is 447 g/mol. The van der Waals surface area contributed by atoms with Gasteiger partial charge in [-0.25, -0.2) is 14.4 Å². The summed E-state index contributed by atoms with van der Waals surface area (Å²) in [6.45, 7) is 3.07. The molecule has 2 heterocycles. The third kappa shape index (κ3) is 5.20. The minimum absolute atomic E-state index is 0.111. The number of aromatic nitrogens is 2. The Balaban J connectivity index is 1.27. The lowest BCUT2D eigenvalue weighted by molar-refractivity contribution is -0.128. The largest absolute Gasteiger partial charge is 0.368 e. The standard InChI is InChI=1S/C27H25FN4OS/c28-21-12-10-20(11-13-21)18-25-27(30-24-9-5-4-8-23(24)29-25)34-19-26(33)32-16-14-31(15-17-32)22-6-2-1-3-7-22/h1-13H,14-19H2. The zero-order valence-electron chi connectivity index (χ0n) is 18.7. The first kappa shape index (κ1) is 22.3. The molecule has 0 saturated carbocycles. The second kappa shape index (κ2) is 10.2. The van der Waals surface area contributed by atoms with Crippen LogP contribution in [0.1, 0.15) is 11.3 Å². The predicted molar refractivity (Wildman–Crippen MR) is 135 cm³/mol. The van der Waals surface area contributed by atoms with Gasteiger partial charge in [0.05, 0.1) is 22.5 Å². The van der Waals surface area contributed by atoms with Crippen molar-refractivity contribution in [2.24, 2.45) is 0 Å². The van der Waals surface area contributed by atoms with Crippen LogP contribution >= 0.6 is 11.8 Å². The topological polar surface area (TPSA) is 49.3 Å². The highest BCUT2D eigenvalue weighted by Gasteiger charge is 2.22. The van der Waals surface area contributed by atoms with Crippen LogP contribution in [-0.4, -0.2) is 52.7 Å². The molecule has 3 aromatic carbocycles. The molecule has 1 amide bonds. The Hall–Kier alpha value is -3.45. The van der Waals surface area contributed by atoms with Crippen LogP contribution in [0.2, 0.25) is 0 Å². The highest BCUT2D eigenvalue weighted by Crippen LogP contribution is 2.25. The number of piperazine rings is 1. The second-order valence-electron chi connectivity index (χ2n) is 8.26. The number of halogens is 1. The van der Waals surface area contributed by atoms with Gasteiger partial charge in [0.1, 0.15) is 10.8 Å². The molecule has 7 heteroatoms. The number of carbonyl (C=O) groups is 1. The van der Waals surface area contributed by atoms with Crippen molar-refractivity contribution >= 4 is 34.4 Å². The van der Waals surface area contributed by atoms with Gasteiger partial charge >= 0.3 is 0 Å². The van der Waals surface area contributed by atoms with Crippen LogP contribution in [-0.2, 0) is 11.2 Å². The van der Waals surface area contributed by atoms with Gasteiger partial charge in [0, 0.05) is 38.3 Å². The van der Waals surface area contributed by atoms with Crippen molar-refractivity contribution in [1.82, 2.24) is 14.9 Å². The number of anilines is 1. The molecule has 0 radical (unpaired) electrons. The molecule has 1 saturated heterocycles. The quantitative estimate of drug-likeness (QED) is 0.377. The summed E-state index contributed by atoms with van der Waals surface area (Å²) in [4.78, 5) is 26.8. The van der Waals surface area contributed by atoms with Crippen molar-refractivity contribution in [2.75, 3.05) is 36.8 Å². The number of para-hydroxylation sites is 3. The van der Waals surface area contributed by atoms with Crippen molar-refractivity contribution in [1.29, 1.82) is 0 Å². The monoisotopic (exact) mass is 472 g/mol. The van der Waals surface area contributed by atoms with Gasteiger partial charge in [-0.3, -0.25) is 4.79 Å². The van der Waals surface area contributed by atoms with Crippen LogP contribution in [0.3, 0.4) is 0 Å². The Morgan fingerprint density at radius 2 is 1.47 bits per heavy atom. The maximum absolute atomic E-state index is 13.3. The van der Waals surface area contributed by atoms with Crippen molar-refractivity contribution < 1.29 is 9.18 Å². The Labute approximate surface area is 202 Å². The highest BCUT2D eigenvalue weighted by atomic mass is 32.2. The molecule has 1 aromatic heterocycles. The molecule has 1 aliphatic rings. The average molecular weight is 473 g/mol. The summed E-state index contributed by atoms with van der Waals surface area (Å²) in [5, 5.41) is 0.749. The number of nitrogens with zero attached hydrogens (tertiary/aromatic N) is 4. The molecule has 0 N–H and O–H groups in total. The fraction of sp³-hybridized carbons (Fsp3) is 0.222. The van der Waals surface area contributed by atoms with Crippen molar-refractivity contribution in [3.63, 3.8) is 0 Å². The first-order chi connectivity index (χ1) is 16.7. The first-order valence-corrected chi connectivity index (χ1v) is 12.3. The van der Waals surface area contributed by atoms with Crippen LogP contribution in [0.15, 0.2) is 83.9 Å². The molecule has 34 heavy (non-hydrogen) atoms. The highest BCUT2D eigenvalue weighted by molar-refractivity contribution is 7.99. The third-order valence-electron chi connectivity index (χ3n) is 5.98. The SMILES string of the molecule is O=C(CSc1nc2ccccc2nc1Cc1ccc(F)cc1)N1CCN(c2ccccc2)CC1. The summed E-state index contributed by atoms with van der Waals surface area (Å²) in [6, 6.07) is 24.5. The van der Waals surface area contributed by atoms with Gasteiger partial charge in [0.15, 0.2) is 0 Å². The van der Waals surface area contributed by atoms with Crippen LogP contribution in [0.25, 0.3) is 11.0 Å². The maximum atomic E-state index is 13.3. The van der Waals surface area contributed by atoms with Crippen LogP contribution in [0.4, 0.5) is 10.1 Å². The van der Waals surface area contributed by atoms with E-state index < -0.39 is 0 Å². The number of benzene rings is 3. The van der Waals surface area contributed by atoms with Gasteiger partial charge in [-0.2, -0.15) is 0 Å². The minimum atomic E-state index is -0.263. The molecule has 5 nitrogen and oxygen atoms in total. The zero-order chi connectivity index (χ0) is 23.3. The van der Waals surface area contributed by atoms with E-state index in [1.807, 2.05) is 47.4 Å². The lowest BCUT2D eigenvalue weighted by Gasteiger charge is -2.36. The predicted octanol–water partition coefficient (Wildman–Crippen LogP) is 4.80. The van der Waals surface area contributed by atoms with E-state index in [4.69, 9.17) is 9.97 Å². The van der Waals surface area contributed by atoms with Gasteiger partial charge in [-0.05, 0) is 42.0 Å². The van der Waals surface area contributed by atoms with E-state index in [-0.39, 0.29) is 11.7 Å². The van der Waals surface area contributed by atoms with Crippen molar-refractivity contribution in [3.05, 3.63) is 95.9 Å². The fourth-order valence-electron chi connectivity index (χ4n) is 4.12. The summed E-state index contributed by atoms with van der Waals surface area (Å²) in [5.74, 6) is 0.163. The number of thioether (sulfide) groups is 1. The van der Waals surface area contributed by atoms with Gasteiger partial charge in [-0.15, -0.1) is 0 Å². The average Bonchev–Trinajstić information content (AvgIpc) is 2.89. The Bertz CT molecular complexity index is 1280. The smallest absolute Gasteiger partial charge is 0.233 e. The minimum Gasteiger partial charge on any atom is -0.368 e. The van der Waals surface area contributed by atoms with Gasteiger partial charge in [-0.1, -0.05) is 54.2 Å². The number of amides is 1. The van der Waals surface area contributed by atoms with Crippen LogP contribution in [0.5, 0.6) is 0 Å². The third-order valence-corrected chi connectivity index (χ3v) is 6.97. The Morgan fingerprint density at radius 3 is 2.18 bits per heavy atom. The molecule has 4 aromatic rings. The van der Waals surface area contributed by atoms with E-state index in [0.29, 0.717) is 25.3 Å². The number of fused-ring (bicyclic) bond motifs is 1. The normalized spacial score (nSPS) is 13.9. The molecule has 0 unspecified atom stereocenters.